The molecule has 4 rings (SSSR count). The van der Waals surface area contributed by atoms with Crippen molar-refractivity contribution < 1.29 is 9.59 Å². The zero-order valence-electron chi connectivity index (χ0n) is 20.8. The molecule has 37 heavy (non-hydrogen) atoms. The number of carbonyl (C=O) groups is 2. The molecule has 2 amide bonds. The van der Waals surface area contributed by atoms with Crippen LogP contribution < -0.4 is 16.0 Å². The fraction of sp³-hybridized carbons (Fsp3) is 0.214. The van der Waals surface area contributed by atoms with Gasteiger partial charge in [-0.2, -0.15) is 0 Å². The van der Waals surface area contributed by atoms with Gasteiger partial charge < -0.3 is 20.9 Å². The molecule has 0 fully saturated rings. The van der Waals surface area contributed by atoms with Crippen molar-refractivity contribution in [3.8, 4) is 11.4 Å². The van der Waals surface area contributed by atoms with Gasteiger partial charge in [0.1, 0.15) is 11.7 Å². The molecule has 0 aliphatic heterocycles. The largest absolute Gasteiger partial charge is 0.369 e. The Morgan fingerprint density at radius 2 is 1.62 bits per heavy atom. The molecule has 0 saturated carbocycles. The lowest BCUT2D eigenvalue weighted by atomic mass is 10.1. The number of benzene rings is 3. The van der Waals surface area contributed by atoms with Crippen LogP contribution in [0.3, 0.4) is 0 Å². The number of alkyl halides is 1. The standard InChI is InChI=1S/C28H29ClN6O2/c1-35(2)17-7-16-30-26-21-8-3-5-10-23(21)32-27(34-26)22-9-4-6-11-24(22)33-28(37)19-12-14-20(15-13-19)31-25(36)18-29/h3-6,8-15H,7,16-18H2,1-2H3,(H,31,36)(H,33,37)(H,30,32,34). The van der Waals surface area contributed by atoms with Crippen molar-refractivity contribution in [1.82, 2.24) is 14.9 Å². The Hall–Kier alpha value is -4.01. The maximum Gasteiger partial charge on any atom is 0.255 e. The minimum atomic E-state index is -0.310. The van der Waals surface area contributed by atoms with Gasteiger partial charge in [0.15, 0.2) is 5.82 Å². The highest BCUT2D eigenvalue weighted by atomic mass is 35.5. The molecule has 0 radical (unpaired) electrons. The van der Waals surface area contributed by atoms with Crippen molar-refractivity contribution in [2.45, 2.75) is 6.42 Å². The zero-order valence-corrected chi connectivity index (χ0v) is 21.5. The number of nitrogens with zero attached hydrogens (tertiary/aromatic N) is 3. The van der Waals surface area contributed by atoms with E-state index in [1.807, 2.05) is 48.5 Å². The van der Waals surface area contributed by atoms with E-state index in [-0.39, 0.29) is 17.7 Å². The lowest BCUT2D eigenvalue weighted by molar-refractivity contribution is -0.113. The molecular weight excluding hydrogens is 488 g/mol. The minimum absolute atomic E-state index is 0.136. The van der Waals surface area contributed by atoms with E-state index in [2.05, 4.69) is 34.9 Å². The van der Waals surface area contributed by atoms with Gasteiger partial charge in [0, 0.05) is 28.7 Å². The predicted molar refractivity (Wildman–Crippen MR) is 150 cm³/mol. The molecule has 0 aliphatic carbocycles. The first-order valence-corrected chi connectivity index (χ1v) is 12.5. The molecule has 0 spiro atoms. The van der Waals surface area contributed by atoms with Gasteiger partial charge in [-0.25, -0.2) is 9.97 Å². The first-order chi connectivity index (χ1) is 17.9. The molecule has 4 aromatic rings. The van der Waals surface area contributed by atoms with Crippen LogP contribution in [-0.4, -0.2) is 59.7 Å². The Morgan fingerprint density at radius 1 is 0.892 bits per heavy atom. The maximum absolute atomic E-state index is 13.0. The molecule has 3 N–H and O–H groups in total. The number of aromatic nitrogens is 2. The van der Waals surface area contributed by atoms with Crippen LogP contribution >= 0.6 is 11.6 Å². The highest BCUT2D eigenvalue weighted by Crippen LogP contribution is 2.30. The number of anilines is 3. The number of halogens is 1. The fourth-order valence-electron chi connectivity index (χ4n) is 3.81. The number of carbonyl (C=O) groups excluding carboxylic acids is 2. The molecule has 1 heterocycles. The van der Waals surface area contributed by atoms with Gasteiger partial charge >= 0.3 is 0 Å². The minimum Gasteiger partial charge on any atom is -0.369 e. The molecule has 0 aliphatic rings. The van der Waals surface area contributed by atoms with Gasteiger partial charge in [-0.3, -0.25) is 9.59 Å². The molecule has 1 aromatic heterocycles. The fourth-order valence-corrected chi connectivity index (χ4v) is 3.88. The summed E-state index contributed by atoms with van der Waals surface area (Å²) in [7, 11) is 4.11. The van der Waals surface area contributed by atoms with Gasteiger partial charge in [0.05, 0.1) is 11.2 Å². The smallest absolute Gasteiger partial charge is 0.255 e. The van der Waals surface area contributed by atoms with Crippen LogP contribution in [0.5, 0.6) is 0 Å². The van der Waals surface area contributed by atoms with Gasteiger partial charge in [-0.05, 0) is 75.6 Å². The number of para-hydroxylation sites is 2. The second kappa shape index (κ2) is 12.3. The molecule has 190 valence electrons. The third kappa shape index (κ3) is 6.81. The first-order valence-electron chi connectivity index (χ1n) is 12.0. The highest BCUT2D eigenvalue weighted by Gasteiger charge is 2.15. The highest BCUT2D eigenvalue weighted by molar-refractivity contribution is 6.29. The number of amides is 2. The SMILES string of the molecule is CN(C)CCCNc1nc(-c2ccccc2NC(=O)c2ccc(NC(=O)CCl)cc2)nc2ccccc12. The van der Waals surface area contributed by atoms with Crippen LogP contribution in [0.2, 0.25) is 0 Å². The summed E-state index contributed by atoms with van der Waals surface area (Å²) < 4.78 is 0. The predicted octanol–water partition coefficient (Wildman–Crippen LogP) is 5.09. The van der Waals surface area contributed by atoms with Crippen molar-refractivity contribution in [3.63, 3.8) is 0 Å². The van der Waals surface area contributed by atoms with Crippen molar-refractivity contribution in [1.29, 1.82) is 0 Å². The van der Waals surface area contributed by atoms with E-state index in [1.165, 1.54) is 0 Å². The molecule has 8 nitrogen and oxygen atoms in total. The summed E-state index contributed by atoms with van der Waals surface area (Å²) >= 11 is 5.53. The van der Waals surface area contributed by atoms with Crippen molar-refractivity contribution in [2.75, 3.05) is 49.0 Å². The van der Waals surface area contributed by atoms with Crippen LogP contribution in [-0.2, 0) is 4.79 Å². The molecular formula is C28H29ClN6O2. The summed E-state index contributed by atoms with van der Waals surface area (Å²) in [6.45, 7) is 1.75. The molecule has 0 saturated heterocycles. The number of hydrogen-bond acceptors (Lipinski definition) is 6. The van der Waals surface area contributed by atoms with E-state index in [9.17, 15) is 9.59 Å². The second-order valence-corrected chi connectivity index (χ2v) is 9.02. The van der Waals surface area contributed by atoms with Crippen molar-refractivity contribution >= 4 is 51.5 Å². The Labute approximate surface area is 221 Å². The van der Waals surface area contributed by atoms with Gasteiger partial charge in [0.2, 0.25) is 5.91 Å². The summed E-state index contributed by atoms with van der Waals surface area (Å²) in [5.41, 5.74) is 3.14. The lowest BCUT2D eigenvalue weighted by Crippen LogP contribution is -2.17. The first kappa shape index (κ1) is 26.1. The Bertz CT molecular complexity index is 1390. The molecule has 9 heteroatoms. The summed E-state index contributed by atoms with van der Waals surface area (Å²) in [6.07, 6.45) is 0.974. The third-order valence-corrected chi connectivity index (χ3v) is 5.89. The Balaban J connectivity index is 1.59. The van der Waals surface area contributed by atoms with Crippen molar-refractivity contribution in [3.05, 3.63) is 78.4 Å². The van der Waals surface area contributed by atoms with E-state index < -0.39 is 0 Å². The summed E-state index contributed by atoms with van der Waals surface area (Å²) in [5.74, 6) is 0.544. The molecule has 3 aromatic carbocycles. The second-order valence-electron chi connectivity index (χ2n) is 8.76. The molecule has 0 bridgehead atoms. The van der Waals surface area contributed by atoms with Crippen LogP contribution in [0.25, 0.3) is 22.3 Å². The van der Waals surface area contributed by atoms with E-state index in [1.54, 1.807) is 24.3 Å². The number of rotatable bonds is 10. The van der Waals surface area contributed by atoms with Gasteiger partial charge in [0.25, 0.3) is 5.91 Å². The van der Waals surface area contributed by atoms with Crippen LogP contribution in [0.15, 0.2) is 72.8 Å². The van der Waals surface area contributed by atoms with E-state index in [0.717, 1.165) is 36.2 Å². The van der Waals surface area contributed by atoms with Crippen LogP contribution in [0.1, 0.15) is 16.8 Å². The monoisotopic (exact) mass is 516 g/mol. The average molecular weight is 517 g/mol. The van der Waals surface area contributed by atoms with Crippen LogP contribution in [0, 0.1) is 0 Å². The van der Waals surface area contributed by atoms with Crippen LogP contribution in [0.4, 0.5) is 17.2 Å². The number of hydrogen-bond donors (Lipinski definition) is 3. The zero-order chi connectivity index (χ0) is 26.2. The molecule has 0 unspecified atom stereocenters. The average Bonchev–Trinajstić information content (AvgIpc) is 2.91. The van der Waals surface area contributed by atoms with E-state index in [0.29, 0.717) is 28.3 Å². The summed E-state index contributed by atoms with van der Waals surface area (Å²) in [4.78, 5) is 36.3. The topological polar surface area (TPSA) is 99.2 Å². The maximum atomic E-state index is 13.0. The summed E-state index contributed by atoms with van der Waals surface area (Å²) in [6, 6.07) is 21.9. The van der Waals surface area contributed by atoms with Gasteiger partial charge in [-0.1, -0.05) is 24.3 Å². The van der Waals surface area contributed by atoms with E-state index >= 15 is 0 Å². The quantitative estimate of drug-likeness (QED) is 0.200. The summed E-state index contributed by atoms with van der Waals surface area (Å²) in [5, 5.41) is 10.0. The van der Waals surface area contributed by atoms with E-state index in [4.69, 9.17) is 21.6 Å². The third-order valence-electron chi connectivity index (χ3n) is 5.65. The van der Waals surface area contributed by atoms with Crippen molar-refractivity contribution in [2.24, 2.45) is 0 Å². The number of nitrogens with one attached hydrogen (secondary N) is 3. The Kier molecular flexibility index (Phi) is 8.66. The normalized spacial score (nSPS) is 10.9. The molecule has 0 atom stereocenters. The number of fused-ring (bicyclic) bond motifs is 1. The Morgan fingerprint density at radius 3 is 2.38 bits per heavy atom. The van der Waals surface area contributed by atoms with Gasteiger partial charge in [-0.15, -0.1) is 11.6 Å². The lowest BCUT2D eigenvalue weighted by Gasteiger charge is -2.15.